The highest BCUT2D eigenvalue weighted by atomic mass is 35.5. The third-order valence-electron chi connectivity index (χ3n) is 1.43. The molecule has 0 aliphatic carbocycles. The van der Waals surface area contributed by atoms with Gasteiger partial charge in [-0.1, -0.05) is 0 Å². The zero-order valence-electron chi connectivity index (χ0n) is 8.19. The van der Waals surface area contributed by atoms with Gasteiger partial charge in [-0.15, -0.1) is 11.6 Å². The van der Waals surface area contributed by atoms with Crippen LogP contribution in [0.5, 0.6) is 0 Å². The third kappa shape index (κ3) is 3.73. The number of allylic oxidation sites excluding steroid dienone is 1. The van der Waals surface area contributed by atoms with E-state index < -0.39 is 35.1 Å². The van der Waals surface area contributed by atoms with Crippen LogP contribution in [0.25, 0.3) is 0 Å². The minimum Gasteiger partial charge on any atom is -0.510 e. The highest BCUT2D eigenvalue weighted by Gasteiger charge is 2.41. The number of carbonyl (C=O) groups excluding carboxylic acids is 1. The van der Waals surface area contributed by atoms with E-state index in [9.17, 15) is 18.0 Å². The molecule has 0 aromatic carbocycles. The Balaban J connectivity index is 5.30. The monoisotopic (exact) mass is 259 g/mol. The maximum atomic E-state index is 12.2. The van der Waals surface area contributed by atoms with E-state index in [0.717, 1.165) is 0 Å². The largest absolute Gasteiger partial charge is 0.510 e. The Hall–Kier alpha value is -1.24. The van der Waals surface area contributed by atoms with Gasteiger partial charge in [0.15, 0.2) is 5.71 Å². The Labute approximate surface area is 94.2 Å². The Kier molecular flexibility index (Phi) is 5.29. The van der Waals surface area contributed by atoms with Gasteiger partial charge in [-0.2, -0.15) is 13.2 Å². The van der Waals surface area contributed by atoms with Crippen molar-refractivity contribution in [3.05, 3.63) is 11.3 Å². The molecule has 0 aliphatic heterocycles. The van der Waals surface area contributed by atoms with Crippen LogP contribution in [-0.4, -0.2) is 35.5 Å². The Bertz CT molecular complexity index is 325. The molecule has 4 nitrogen and oxygen atoms in total. The van der Waals surface area contributed by atoms with E-state index in [1.54, 1.807) is 0 Å². The molecular formula is C8H9ClF3NO3. The van der Waals surface area contributed by atoms with Crippen molar-refractivity contribution in [2.75, 3.05) is 12.5 Å². The fourth-order valence-electron chi connectivity index (χ4n) is 0.776. The standard InChI is InChI=1S/C8H9ClF3NO3/c1-2-16-7(15)5(4(14)3-9)6(13)8(10,11)12/h13-14H,2-3H2,1H3/b5-4+,13-6?. The summed E-state index contributed by atoms with van der Waals surface area (Å²) in [6, 6.07) is 0. The molecule has 0 radical (unpaired) electrons. The lowest BCUT2D eigenvalue weighted by molar-refractivity contribution is -0.138. The molecule has 0 amide bonds. The number of ether oxygens (including phenoxy) is 1. The molecule has 8 heteroatoms. The molecule has 0 unspecified atom stereocenters. The Morgan fingerprint density at radius 3 is 2.31 bits per heavy atom. The van der Waals surface area contributed by atoms with Crippen molar-refractivity contribution in [1.29, 1.82) is 5.41 Å². The summed E-state index contributed by atoms with van der Waals surface area (Å²) in [5.41, 5.74) is -3.24. The lowest BCUT2D eigenvalue weighted by atomic mass is 10.1. The number of carbonyl (C=O) groups is 1. The fraction of sp³-hybridized carbons (Fsp3) is 0.500. The van der Waals surface area contributed by atoms with Gasteiger partial charge in [0.05, 0.1) is 12.5 Å². The quantitative estimate of drug-likeness (QED) is 0.267. The second kappa shape index (κ2) is 5.74. The molecule has 0 saturated carbocycles. The van der Waals surface area contributed by atoms with Gasteiger partial charge >= 0.3 is 12.1 Å². The SMILES string of the molecule is CCOC(=O)/C(C(=N)C(F)(F)F)=C(/O)CCl. The van der Waals surface area contributed by atoms with E-state index in [-0.39, 0.29) is 6.61 Å². The Morgan fingerprint density at radius 2 is 2.00 bits per heavy atom. The predicted octanol–water partition coefficient (Wildman–Crippen LogP) is 2.18. The van der Waals surface area contributed by atoms with Gasteiger partial charge in [0.25, 0.3) is 0 Å². The first kappa shape index (κ1) is 14.8. The van der Waals surface area contributed by atoms with Crippen LogP contribution in [0.2, 0.25) is 0 Å². The van der Waals surface area contributed by atoms with Crippen LogP contribution in [0, 0.1) is 5.41 Å². The number of hydrogen-bond donors (Lipinski definition) is 2. The summed E-state index contributed by atoms with van der Waals surface area (Å²) < 4.78 is 40.8. The molecule has 0 bridgehead atoms. The maximum Gasteiger partial charge on any atom is 0.433 e. The van der Waals surface area contributed by atoms with E-state index >= 15 is 0 Å². The maximum absolute atomic E-state index is 12.2. The van der Waals surface area contributed by atoms with Crippen LogP contribution in [0.3, 0.4) is 0 Å². The highest BCUT2D eigenvalue weighted by Crippen LogP contribution is 2.23. The summed E-state index contributed by atoms with van der Waals surface area (Å²) >= 11 is 5.11. The molecule has 0 atom stereocenters. The van der Waals surface area contributed by atoms with Crippen LogP contribution in [0.4, 0.5) is 13.2 Å². The summed E-state index contributed by atoms with van der Waals surface area (Å²) in [6.45, 7) is 1.20. The second-order valence-electron chi connectivity index (χ2n) is 2.55. The minimum absolute atomic E-state index is 0.178. The molecule has 0 fully saturated rings. The van der Waals surface area contributed by atoms with Crippen LogP contribution < -0.4 is 0 Å². The lowest BCUT2D eigenvalue weighted by Crippen LogP contribution is -2.30. The number of halogens is 4. The van der Waals surface area contributed by atoms with Crippen LogP contribution in [0.1, 0.15) is 6.92 Å². The smallest absolute Gasteiger partial charge is 0.433 e. The molecule has 0 saturated heterocycles. The Morgan fingerprint density at radius 1 is 1.50 bits per heavy atom. The van der Waals surface area contributed by atoms with E-state index in [1.165, 1.54) is 6.92 Å². The summed E-state index contributed by atoms with van der Waals surface area (Å²) in [7, 11) is 0. The van der Waals surface area contributed by atoms with E-state index in [0.29, 0.717) is 0 Å². The van der Waals surface area contributed by atoms with Gasteiger partial charge in [-0.05, 0) is 6.92 Å². The van der Waals surface area contributed by atoms with Gasteiger partial charge in [-0.25, -0.2) is 4.79 Å². The number of aliphatic hydroxyl groups excluding tert-OH is 1. The van der Waals surface area contributed by atoms with E-state index in [2.05, 4.69) is 4.74 Å². The molecule has 0 heterocycles. The van der Waals surface area contributed by atoms with Crippen molar-refractivity contribution in [2.45, 2.75) is 13.1 Å². The van der Waals surface area contributed by atoms with Crippen molar-refractivity contribution >= 4 is 23.3 Å². The molecular weight excluding hydrogens is 251 g/mol. The van der Waals surface area contributed by atoms with Crippen molar-refractivity contribution in [3.63, 3.8) is 0 Å². The summed E-state index contributed by atoms with van der Waals surface area (Å²) in [6.07, 6.45) is -5.05. The van der Waals surface area contributed by atoms with Crippen molar-refractivity contribution in [3.8, 4) is 0 Å². The molecule has 0 rings (SSSR count). The number of esters is 1. The van der Waals surface area contributed by atoms with Gasteiger partial charge in [0.1, 0.15) is 11.3 Å². The fourth-order valence-corrected chi connectivity index (χ4v) is 0.910. The normalized spacial score (nSPS) is 13.1. The second-order valence-corrected chi connectivity index (χ2v) is 2.82. The third-order valence-corrected chi connectivity index (χ3v) is 1.68. The lowest BCUT2D eigenvalue weighted by Gasteiger charge is -2.12. The van der Waals surface area contributed by atoms with Crippen LogP contribution in [-0.2, 0) is 9.53 Å². The predicted molar refractivity (Wildman–Crippen MR) is 50.8 cm³/mol. The molecule has 0 spiro atoms. The van der Waals surface area contributed by atoms with E-state index in [4.69, 9.17) is 22.1 Å². The molecule has 92 valence electrons. The molecule has 0 aromatic heterocycles. The number of rotatable bonds is 4. The summed E-state index contributed by atoms with van der Waals surface area (Å²) in [5, 5.41) is 15.8. The van der Waals surface area contributed by atoms with Gasteiger partial charge in [-0.3, -0.25) is 5.41 Å². The van der Waals surface area contributed by atoms with Gasteiger partial charge in [0, 0.05) is 0 Å². The summed E-state index contributed by atoms with van der Waals surface area (Å²) in [5.74, 6) is -3.18. The van der Waals surface area contributed by atoms with Crippen LogP contribution in [0.15, 0.2) is 11.3 Å². The molecule has 16 heavy (non-hydrogen) atoms. The average Bonchev–Trinajstić information content (AvgIpc) is 2.16. The average molecular weight is 260 g/mol. The van der Waals surface area contributed by atoms with Crippen molar-refractivity contribution < 1.29 is 27.8 Å². The minimum atomic E-state index is -5.05. The number of nitrogens with one attached hydrogen (secondary N) is 1. The molecule has 0 aromatic rings. The summed E-state index contributed by atoms with van der Waals surface area (Å²) in [4.78, 5) is 11.1. The topological polar surface area (TPSA) is 70.4 Å². The van der Waals surface area contributed by atoms with Crippen LogP contribution >= 0.6 is 11.6 Å². The first-order chi connectivity index (χ1) is 7.25. The molecule has 2 N–H and O–H groups in total. The zero-order chi connectivity index (χ0) is 12.9. The highest BCUT2D eigenvalue weighted by molar-refractivity contribution is 6.24. The van der Waals surface area contributed by atoms with Gasteiger partial charge < -0.3 is 9.84 Å². The number of aliphatic hydroxyl groups is 1. The van der Waals surface area contributed by atoms with Crippen molar-refractivity contribution in [1.82, 2.24) is 0 Å². The van der Waals surface area contributed by atoms with E-state index in [1.807, 2.05) is 0 Å². The van der Waals surface area contributed by atoms with Gasteiger partial charge in [0.2, 0.25) is 0 Å². The number of alkyl halides is 4. The zero-order valence-corrected chi connectivity index (χ0v) is 8.95. The first-order valence-corrected chi connectivity index (χ1v) is 4.60. The molecule has 0 aliphatic rings. The number of hydrogen-bond acceptors (Lipinski definition) is 4. The van der Waals surface area contributed by atoms with Crippen molar-refractivity contribution in [2.24, 2.45) is 0 Å². The first-order valence-electron chi connectivity index (χ1n) is 4.07.